The number of carboxylic acids is 1. The van der Waals surface area contributed by atoms with Gasteiger partial charge < -0.3 is 20.5 Å². The van der Waals surface area contributed by atoms with Crippen LogP contribution in [0.2, 0.25) is 0 Å². The summed E-state index contributed by atoms with van der Waals surface area (Å²) >= 11 is 0. The van der Waals surface area contributed by atoms with Crippen LogP contribution in [0.1, 0.15) is 39.5 Å². The Balaban J connectivity index is 3.33. The molecule has 3 N–H and O–H groups in total. The molecule has 0 aromatic heterocycles. The third-order valence-electron chi connectivity index (χ3n) is 2.68. The minimum absolute atomic E-state index is 0.258. The maximum atomic E-state index is 11.3. The summed E-state index contributed by atoms with van der Waals surface area (Å²) in [7, 11) is 0. The molecule has 112 valence electrons. The molecule has 0 bridgehead atoms. The van der Waals surface area contributed by atoms with Crippen molar-refractivity contribution >= 4 is 12.0 Å². The molecule has 0 aliphatic rings. The third kappa shape index (κ3) is 11.5. The highest BCUT2D eigenvalue weighted by atomic mass is 16.5. The van der Waals surface area contributed by atoms with Crippen LogP contribution in [0.3, 0.4) is 0 Å². The van der Waals surface area contributed by atoms with Crippen molar-refractivity contribution in [2.24, 2.45) is 5.92 Å². The van der Waals surface area contributed by atoms with Gasteiger partial charge in [0.15, 0.2) is 0 Å². The Morgan fingerprint density at radius 2 is 1.79 bits per heavy atom. The minimum atomic E-state index is -0.841. The monoisotopic (exact) mass is 274 g/mol. The third-order valence-corrected chi connectivity index (χ3v) is 2.68. The second-order valence-electron chi connectivity index (χ2n) is 4.53. The van der Waals surface area contributed by atoms with E-state index in [4.69, 9.17) is 9.84 Å². The highest BCUT2D eigenvalue weighted by Crippen LogP contribution is 1.99. The number of carbonyl (C=O) groups excluding carboxylic acids is 1. The molecule has 1 atom stereocenters. The van der Waals surface area contributed by atoms with Gasteiger partial charge in [0.05, 0.1) is 5.92 Å². The van der Waals surface area contributed by atoms with Gasteiger partial charge in [-0.1, -0.05) is 20.3 Å². The van der Waals surface area contributed by atoms with E-state index in [1.54, 1.807) is 6.92 Å². The molecule has 0 saturated carbocycles. The topological polar surface area (TPSA) is 87.7 Å². The van der Waals surface area contributed by atoms with Crippen LogP contribution in [0.5, 0.6) is 0 Å². The van der Waals surface area contributed by atoms with Crippen LogP contribution in [-0.4, -0.2) is 43.4 Å². The molecule has 0 fully saturated rings. The van der Waals surface area contributed by atoms with Crippen molar-refractivity contribution in [3.63, 3.8) is 0 Å². The average Bonchev–Trinajstić information content (AvgIpc) is 2.37. The molecule has 0 rings (SSSR count). The number of carbonyl (C=O) groups is 2. The molecule has 0 spiro atoms. The average molecular weight is 274 g/mol. The first kappa shape index (κ1) is 17.7. The number of urea groups is 1. The van der Waals surface area contributed by atoms with E-state index in [1.165, 1.54) is 0 Å². The van der Waals surface area contributed by atoms with E-state index in [2.05, 4.69) is 17.6 Å². The maximum Gasteiger partial charge on any atom is 0.314 e. The summed E-state index contributed by atoms with van der Waals surface area (Å²) in [5.41, 5.74) is 0. The summed E-state index contributed by atoms with van der Waals surface area (Å²) in [6.07, 6.45) is 3.40. The minimum Gasteiger partial charge on any atom is -0.481 e. The lowest BCUT2D eigenvalue weighted by Crippen LogP contribution is -2.37. The Hall–Kier alpha value is -1.30. The van der Waals surface area contributed by atoms with Crippen LogP contribution in [0.15, 0.2) is 0 Å². The van der Waals surface area contributed by atoms with Gasteiger partial charge in [0.1, 0.15) is 0 Å². The second-order valence-corrected chi connectivity index (χ2v) is 4.53. The SMILES string of the molecule is CCCCOCCCNC(=O)NCCC(C)C(=O)O. The number of aliphatic carboxylic acids is 1. The molecule has 0 aromatic rings. The van der Waals surface area contributed by atoms with Gasteiger partial charge in [0.25, 0.3) is 0 Å². The largest absolute Gasteiger partial charge is 0.481 e. The lowest BCUT2D eigenvalue weighted by molar-refractivity contribution is -0.141. The first-order valence-corrected chi connectivity index (χ1v) is 6.90. The smallest absolute Gasteiger partial charge is 0.314 e. The van der Waals surface area contributed by atoms with Gasteiger partial charge >= 0.3 is 12.0 Å². The number of carboxylic acid groups (broad SMARTS) is 1. The summed E-state index contributed by atoms with van der Waals surface area (Å²) < 4.78 is 5.36. The molecule has 0 radical (unpaired) electrons. The van der Waals surface area contributed by atoms with Crippen LogP contribution in [0, 0.1) is 5.92 Å². The van der Waals surface area contributed by atoms with Gasteiger partial charge in [-0.3, -0.25) is 4.79 Å². The molecule has 2 amide bonds. The number of hydrogen-bond donors (Lipinski definition) is 3. The standard InChI is InChI=1S/C13H26N2O4/c1-3-4-9-19-10-5-7-14-13(18)15-8-6-11(2)12(16)17/h11H,3-10H2,1-2H3,(H,16,17)(H2,14,15,18). The first-order valence-electron chi connectivity index (χ1n) is 6.90. The van der Waals surface area contributed by atoms with Gasteiger partial charge in [-0.15, -0.1) is 0 Å². The van der Waals surface area contributed by atoms with E-state index in [1.807, 2.05) is 0 Å². The fraction of sp³-hybridized carbons (Fsp3) is 0.846. The van der Waals surface area contributed by atoms with Gasteiger partial charge in [-0.2, -0.15) is 0 Å². The molecular weight excluding hydrogens is 248 g/mol. The van der Waals surface area contributed by atoms with E-state index in [0.717, 1.165) is 25.9 Å². The van der Waals surface area contributed by atoms with E-state index in [-0.39, 0.29) is 6.03 Å². The number of unbranched alkanes of at least 4 members (excludes halogenated alkanes) is 1. The van der Waals surface area contributed by atoms with Crippen molar-refractivity contribution < 1.29 is 19.4 Å². The van der Waals surface area contributed by atoms with Crippen LogP contribution >= 0.6 is 0 Å². The molecule has 6 nitrogen and oxygen atoms in total. The van der Waals surface area contributed by atoms with E-state index in [0.29, 0.717) is 26.1 Å². The van der Waals surface area contributed by atoms with Gasteiger partial charge in [0.2, 0.25) is 0 Å². The van der Waals surface area contributed by atoms with E-state index < -0.39 is 11.9 Å². The second kappa shape index (κ2) is 11.8. The van der Waals surface area contributed by atoms with Crippen molar-refractivity contribution in [1.82, 2.24) is 10.6 Å². The highest BCUT2D eigenvalue weighted by Gasteiger charge is 2.10. The quantitative estimate of drug-likeness (QED) is 0.499. The van der Waals surface area contributed by atoms with Crippen molar-refractivity contribution in [2.75, 3.05) is 26.3 Å². The number of rotatable bonds is 11. The van der Waals surface area contributed by atoms with Crippen LogP contribution in [0.4, 0.5) is 4.79 Å². The Morgan fingerprint density at radius 3 is 2.42 bits per heavy atom. The fourth-order valence-electron chi connectivity index (χ4n) is 1.31. The molecule has 6 heteroatoms. The summed E-state index contributed by atoms with van der Waals surface area (Å²) in [6.45, 7) is 6.08. The number of amides is 2. The summed E-state index contributed by atoms with van der Waals surface area (Å²) in [6, 6.07) is -0.258. The zero-order chi connectivity index (χ0) is 14.5. The number of hydrogen-bond acceptors (Lipinski definition) is 3. The zero-order valence-corrected chi connectivity index (χ0v) is 11.9. The lowest BCUT2D eigenvalue weighted by Gasteiger charge is -2.09. The molecule has 0 aromatic carbocycles. The molecule has 19 heavy (non-hydrogen) atoms. The summed E-state index contributed by atoms with van der Waals surface area (Å²) in [5, 5.41) is 14.0. The molecule has 0 aliphatic heterocycles. The van der Waals surface area contributed by atoms with E-state index in [9.17, 15) is 9.59 Å². The van der Waals surface area contributed by atoms with Crippen molar-refractivity contribution in [1.29, 1.82) is 0 Å². The van der Waals surface area contributed by atoms with Gasteiger partial charge in [-0.25, -0.2) is 4.79 Å². The van der Waals surface area contributed by atoms with Crippen molar-refractivity contribution in [2.45, 2.75) is 39.5 Å². The number of nitrogens with one attached hydrogen (secondary N) is 2. The fourth-order valence-corrected chi connectivity index (χ4v) is 1.31. The summed E-state index contributed by atoms with van der Waals surface area (Å²) in [4.78, 5) is 21.9. The Morgan fingerprint density at radius 1 is 1.16 bits per heavy atom. The predicted octanol–water partition coefficient (Wildman–Crippen LogP) is 1.60. The molecule has 0 heterocycles. The normalized spacial score (nSPS) is 11.9. The predicted molar refractivity (Wildman–Crippen MR) is 73.2 cm³/mol. The lowest BCUT2D eigenvalue weighted by atomic mass is 10.1. The maximum absolute atomic E-state index is 11.3. The Labute approximate surface area is 114 Å². The van der Waals surface area contributed by atoms with Crippen LogP contribution < -0.4 is 10.6 Å². The number of ether oxygens (including phenoxy) is 1. The highest BCUT2D eigenvalue weighted by molar-refractivity contribution is 5.74. The Bertz CT molecular complexity index is 259. The first-order chi connectivity index (χ1) is 9.07. The zero-order valence-electron chi connectivity index (χ0n) is 11.9. The van der Waals surface area contributed by atoms with Gasteiger partial charge in [-0.05, 0) is 19.3 Å². The van der Waals surface area contributed by atoms with Crippen molar-refractivity contribution in [3.8, 4) is 0 Å². The molecule has 0 saturated heterocycles. The molecule has 0 aliphatic carbocycles. The molecule has 1 unspecified atom stereocenters. The van der Waals surface area contributed by atoms with Crippen LogP contribution in [0.25, 0.3) is 0 Å². The van der Waals surface area contributed by atoms with E-state index >= 15 is 0 Å². The summed E-state index contributed by atoms with van der Waals surface area (Å²) in [5.74, 6) is -1.28. The van der Waals surface area contributed by atoms with Crippen molar-refractivity contribution in [3.05, 3.63) is 0 Å². The Kier molecular flexibility index (Phi) is 11.0. The van der Waals surface area contributed by atoms with Gasteiger partial charge in [0, 0.05) is 26.3 Å². The molecular formula is C13H26N2O4. The van der Waals surface area contributed by atoms with Crippen LogP contribution in [-0.2, 0) is 9.53 Å².